The van der Waals surface area contributed by atoms with Crippen LogP contribution in [0.3, 0.4) is 0 Å². The number of pyridine rings is 2. The number of rotatable bonds is 6. The van der Waals surface area contributed by atoms with Crippen molar-refractivity contribution < 1.29 is 4.74 Å². The first kappa shape index (κ1) is 19.6. The van der Waals surface area contributed by atoms with Gasteiger partial charge in [-0.15, -0.1) is 0 Å². The summed E-state index contributed by atoms with van der Waals surface area (Å²) >= 11 is 6.18. The number of aromatic nitrogens is 2. The molecule has 5 heteroatoms. The van der Waals surface area contributed by atoms with E-state index in [1.807, 2.05) is 57.4 Å². The molecule has 27 heavy (non-hydrogen) atoms. The molecular formula is C22H26ClN3O. The van der Waals surface area contributed by atoms with Gasteiger partial charge in [-0.1, -0.05) is 18.5 Å². The Hall–Kier alpha value is -2.17. The Morgan fingerprint density at radius 3 is 2.67 bits per heavy atom. The fourth-order valence-electron chi connectivity index (χ4n) is 3.41. The average molecular weight is 384 g/mol. The van der Waals surface area contributed by atoms with Gasteiger partial charge in [-0.25, -0.2) is 4.98 Å². The van der Waals surface area contributed by atoms with Crippen molar-refractivity contribution in [3.8, 4) is 17.0 Å². The standard InChI is InChI=1S/C22H26ClN3O/c1-14(11-22(3,4)24)13-27-21-15(2)9-16(12-26-21)18-7-8-25-20-6-5-17(23)10-19(18)20/h5-10,12,14H,11,13,24H2,1-4H3/t14-/m0/s1. The summed E-state index contributed by atoms with van der Waals surface area (Å²) in [5, 5.41) is 1.71. The fourth-order valence-corrected chi connectivity index (χ4v) is 3.58. The Morgan fingerprint density at radius 1 is 1.19 bits per heavy atom. The van der Waals surface area contributed by atoms with E-state index in [0.717, 1.165) is 34.0 Å². The lowest BCUT2D eigenvalue weighted by Gasteiger charge is -2.23. The van der Waals surface area contributed by atoms with Crippen LogP contribution in [0.5, 0.6) is 5.88 Å². The number of hydrogen-bond donors (Lipinski definition) is 1. The zero-order valence-electron chi connectivity index (χ0n) is 16.3. The zero-order chi connectivity index (χ0) is 19.6. The predicted molar refractivity (Wildman–Crippen MR) is 112 cm³/mol. The summed E-state index contributed by atoms with van der Waals surface area (Å²) in [5.74, 6) is 1.02. The van der Waals surface area contributed by atoms with Gasteiger partial charge in [0, 0.05) is 39.5 Å². The summed E-state index contributed by atoms with van der Waals surface area (Å²) in [7, 11) is 0. The van der Waals surface area contributed by atoms with E-state index in [0.29, 0.717) is 23.4 Å². The lowest BCUT2D eigenvalue weighted by Crippen LogP contribution is -2.35. The first-order chi connectivity index (χ1) is 12.7. The molecule has 0 saturated heterocycles. The minimum atomic E-state index is -0.196. The number of halogens is 1. The highest BCUT2D eigenvalue weighted by molar-refractivity contribution is 6.31. The van der Waals surface area contributed by atoms with Crippen molar-refractivity contribution in [1.82, 2.24) is 9.97 Å². The van der Waals surface area contributed by atoms with Crippen LogP contribution in [0.15, 0.2) is 42.7 Å². The zero-order valence-corrected chi connectivity index (χ0v) is 17.0. The molecule has 0 amide bonds. The van der Waals surface area contributed by atoms with Gasteiger partial charge in [-0.05, 0) is 69.0 Å². The Labute approximate surface area is 165 Å². The van der Waals surface area contributed by atoms with Gasteiger partial charge >= 0.3 is 0 Å². The van der Waals surface area contributed by atoms with Crippen molar-refractivity contribution in [2.45, 2.75) is 39.7 Å². The second-order valence-electron chi connectivity index (χ2n) is 7.97. The van der Waals surface area contributed by atoms with Crippen molar-refractivity contribution in [2.24, 2.45) is 11.7 Å². The van der Waals surface area contributed by atoms with Gasteiger partial charge < -0.3 is 10.5 Å². The van der Waals surface area contributed by atoms with E-state index in [9.17, 15) is 0 Å². The highest BCUT2D eigenvalue weighted by Gasteiger charge is 2.17. The van der Waals surface area contributed by atoms with Gasteiger partial charge in [-0.2, -0.15) is 0 Å². The van der Waals surface area contributed by atoms with E-state index in [4.69, 9.17) is 22.1 Å². The SMILES string of the molecule is Cc1cc(-c2ccnc3ccc(Cl)cc23)cnc1OC[C@@H](C)CC(C)(C)N. The first-order valence-corrected chi connectivity index (χ1v) is 9.54. The largest absolute Gasteiger partial charge is 0.477 e. The molecule has 0 saturated carbocycles. The van der Waals surface area contributed by atoms with Gasteiger partial charge in [-0.3, -0.25) is 4.98 Å². The van der Waals surface area contributed by atoms with Crippen molar-refractivity contribution >= 4 is 22.5 Å². The summed E-state index contributed by atoms with van der Waals surface area (Å²) < 4.78 is 5.94. The van der Waals surface area contributed by atoms with Crippen LogP contribution in [-0.4, -0.2) is 22.1 Å². The fraction of sp³-hybridized carbons (Fsp3) is 0.364. The molecule has 2 aromatic heterocycles. The number of nitrogens with two attached hydrogens (primary N) is 1. The van der Waals surface area contributed by atoms with Crippen molar-refractivity contribution in [3.63, 3.8) is 0 Å². The third kappa shape index (κ3) is 4.96. The van der Waals surface area contributed by atoms with Crippen molar-refractivity contribution in [2.75, 3.05) is 6.61 Å². The lowest BCUT2D eigenvalue weighted by atomic mass is 9.93. The number of aryl methyl sites for hydroxylation is 1. The molecule has 0 aliphatic heterocycles. The maximum absolute atomic E-state index is 6.18. The Balaban J connectivity index is 1.82. The smallest absolute Gasteiger partial charge is 0.216 e. The molecule has 3 rings (SSSR count). The highest BCUT2D eigenvalue weighted by Crippen LogP contribution is 2.31. The molecule has 142 valence electrons. The highest BCUT2D eigenvalue weighted by atomic mass is 35.5. The molecule has 2 N–H and O–H groups in total. The third-order valence-corrected chi connectivity index (χ3v) is 4.66. The quantitative estimate of drug-likeness (QED) is 0.618. The van der Waals surface area contributed by atoms with Gasteiger partial charge in [0.1, 0.15) is 0 Å². The molecule has 0 fully saturated rings. The van der Waals surface area contributed by atoms with E-state index in [2.05, 4.69) is 23.0 Å². The van der Waals surface area contributed by atoms with E-state index in [1.54, 1.807) is 0 Å². The molecule has 0 unspecified atom stereocenters. The summed E-state index contributed by atoms with van der Waals surface area (Å²) in [6.45, 7) is 8.83. The minimum Gasteiger partial charge on any atom is -0.477 e. The molecule has 2 heterocycles. The maximum Gasteiger partial charge on any atom is 0.216 e. The van der Waals surface area contributed by atoms with Crippen LogP contribution in [0.1, 0.15) is 32.8 Å². The average Bonchev–Trinajstić information content (AvgIpc) is 2.58. The predicted octanol–water partition coefficient (Wildman–Crippen LogP) is 5.40. The molecule has 0 aliphatic rings. The monoisotopic (exact) mass is 383 g/mol. The maximum atomic E-state index is 6.18. The number of nitrogens with zero attached hydrogens (tertiary/aromatic N) is 2. The summed E-state index contributed by atoms with van der Waals surface area (Å²) in [4.78, 5) is 8.96. The number of fused-ring (bicyclic) bond motifs is 1. The summed E-state index contributed by atoms with van der Waals surface area (Å²) in [5.41, 5.74) is 9.88. The Kier molecular flexibility index (Phi) is 5.68. The van der Waals surface area contributed by atoms with E-state index in [-0.39, 0.29) is 5.54 Å². The van der Waals surface area contributed by atoms with Crippen LogP contribution >= 0.6 is 11.6 Å². The number of hydrogen-bond acceptors (Lipinski definition) is 4. The number of ether oxygens (including phenoxy) is 1. The summed E-state index contributed by atoms with van der Waals surface area (Å²) in [6, 6.07) is 9.80. The molecular weight excluding hydrogens is 358 g/mol. The van der Waals surface area contributed by atoms with Gasteiger partial charge in [0.05, 0.1) is 12.1 Å². The second kappa shape index (κ2) is 7.83. The van der Waals surface area contributed by atoms with Crippen LogP contribution in [0, 0.1) is 12.8 Å². The van der Waals surface area contributed by atoms with Gasteiger partial charge in [0.2, 0.25) is 5.88 Å². The van der Waals surface area contributed by atoms with E-state index < -0.39 is 0 Å². The van der Waals surface area contributed by atoms with E-state index >= 15 is 0 Å². The molecule has 0 aliphatic carbocycles. The molecule has 1 atom stereocenters. The van der Waals surface area contributed by atoms with Crippen LogP contribution in [0.4, 0.5) is 0 Å². The molecule has 3 aromatic rings. The second-order valence-corrected chi connectivity index (χ2v) is 8.41. The lowest BCUT2D eigenvalue weighted by molar-refractivity contribution is 0.221. The Morgan fingerprint density at radius 2 is 1.96 bits per heavy atom. The molecule has 0 bridgehead atoms. The third-order valence-electron chi connectivity index (χ3n) is 4.42. The normalized spacial score (nSPS) is 13.0. The van der Waals surface area contributed by atoms with Crippen LogP contribution < -0.4 is 10.5 Å². The van der Waals surface area contributed by atoms with Gasteiger partial charge in [0.25, 0.3) is 0 Å². The first-order valence-electron chi connectivity index (χ1n) is 9.16. The molecule has 0 radical (unpaired) electrons. The molecule has 1 aromatic carbocycles. The minimum absolute atomic E-state index is 0.196. The van der Waals surface area contributed by atoms with E-state index in [1.165, 1.54) is 0 Å². The molecule has 4 nitrogen and oxygen atoms in total. The Bertz CT molecular complexity index is 950. The van der Waals surface area contributed by atoms with Crippen molar-refractivity contribution in [3.05, 3.63) is 53.3 Å². The van der Waals surface area contributed by atoms with Crippen LogP contribution in [0.2, 0.25) is 5.02 Å². The topological polar surface area (TPSA) is 61.0 Å². The van der Waals surface area contributed by atoms with Crippen molar-refractivity contribution in [1.29, 1.82) is 0 Å². The summed E-state index contributed by atoms with van der Waals surface area (Å²) in [6.07, 6.45) is 4.55. The van der Waals surface area contributed by atoms with Crippen LogP contribution in [0.25, 0.3) is 22.0 Å². The van der Waals surface area contributed by atoms with Gasteiger partial charge in [0.15, 0.2) is 0 Å². The van der Waals surface area contributed by atoms with Crippen LogP contribution in [-0.2, 0) is 0 Å². The number of benzene rings is 1. The molecule has 0 spiro atoms.